The molecule has 0 radical (unpaired) electrons. The van der Waals surface area contributed by atoms with Crippen LogP contribution >= 0.6 is 11.6 Å². The van der Waals surface area contributed by atoms with Gasteiger partial charge in [0.05, 0.1) is 17.2 Å². The first-order valence-electron chi connectivity index (χ1n) is 9.66. The second kappa shape index (κ2) is 8.93. The van der Waals surface area contributed by atoms with Crippen molar-refractivity contribution < 1.29 is 23.8 Å². The van der Waals surface area contributed by atoms with E-state index < -0.39 is 17.7 Å². The van der Waals surface area contributed by atoms with E-state index in [1.807, 2.05) is 25.9 Å². The van der Waals surface area contributed by atoms with E-state index >= 15 is 0 Å². The summed E-state index contributed by atoms with van der Waals surface area (Å²) in [6.45, 7) is 4.86. The predicted molar refractivity (Wildman–Crippen MR) is 114 cm³/mol. The maximum absolute atomic E-state index is 12.9. The third-order valence-electron chi connectivity index (χ3n) is 4.86. The van der Waals surface area contributed by atoms with Crippen LogP contribution in [-0.4, -0.2) is 60.4 Å². The molecular formula is C22H25ClN2O5. The van der Waals surface area contributed by atoms with Gasteiger partial charge < -0.3 is 24.1 Å². The highest BCUT2D eigenvalue weighted by Gasteiger charge is 2.47. The van der Waals surface area contributed by atoms with Gasteiger partial charge in [0.2, 0.25) is 0 Å². The SMILES string of the molecule is CCOc1cc(/C(O)=C2/C(=O)C(=O)N(CCN(C)C)C2c2ccc(C)o2)ccc1Cl. The van der Waals surface area contributed by atoms with E-state index in [0.29, 0.717) is 47.6 Å². The number of aryl methyl sites for hydroxylation is 1. The fraction of sp³-hybridized carbons (Fsp3) is 0.364. The normalized spacial score (nSPS) is 18.5. The van der Waals surface area contributed by atoms with Crippen molar-refractivity contribution in [2.45, 2.75) is 19.9 Å². The van der Waals surface area contributed by atoms with Gasteiger partial charge >= 0.3 is 0 Å². The minimum absolute atomic E-state index is 0.0159. The molecule has 8 heteroatoms. The average Bonchev–Trinajstić information content (AvgIpc) is 3.23. The lowest BCUT2D eigenvalue weighted by molar-refractivity contribution is -0.140. The second-order valence-electron chi connectivity index (χ2n) is 7.32. The zero-order valence-corrected chi connectivity index (χ0v) is 18.2. The summed E-state index contributed by atoms with van der Waals surface area (Å²) in [7, 11) is 3.76. The van der Waals surface area contributed by atoms with E-state index in [4.69, 9.17) is 20.8 Å². The number of carbonyl (C=O) groups is 2. The Morgan fingerprint density at radius 1 is 1.27 bits per heavy atom. The summed E-state index contributed by atoms with van der Waals surface area (Å²) < 4.78 is 11.2. The fourth-order valence-electron chi connectivity index (χ4n) is 3.39. The molecule has 1 aromatic carbocycles. The third-order valence-corrected chi connectivity index (χ3v) is 5.18. The number of rotatable bonds is 7. The number of ether oxygens (including phenoxy) is 1. The molecule has 30 heavy (non-hydrogen) atoms. The number of amides is 1. The van der Waals surface area contributed by atoms with Crippen LogP contribution in [0.15, 0.2) is 40.3 Å². The molecule has 0 spiro atoms. The molecule has 1 N–H and O–H groups in total. The Labute approximate surface area is 180 Å². The molecule has 1 unspecified atom stereocenters. The Hall–Kier alpha value is -2.77. The Morgan fingerprint density at radius 3 is 2.60 bits per heavy atom. The quantitative estimate of drug-likeness (QED) is 0.408. The van der Waals surface area contributed by atoms with Crippen LogP contribution < -0.4 is 4.74 Å². The van der Waals surface area contributed by atoms with E-state index in [1.165, 1.54) is 4.90 Å². The topological polar surface area (TPSA) is 83.2 Å². The van der Waals surface area contributed by atoms with E-state index in [0.717, 1.165) is 0 Å². The van der Waals surface area contributed by atoms with Crippen LogP contribution in [0.5, 0.6) is 5.75 Å². The number of hydrogen-bond acceptors (Lipinski definition) is 6. The van der Waals surface area contributed by atoms with Gasteiger partial charge in [-0.3, -0.25) is 9.59 Å². The van der Waals surface area contributed by atoms with Gasteiger partial charge in [-0.2, -0.15) is 0 Å². The van der Waals surface area contributed by atoms with Crippen LogP contribution in [-0.2, 0) is 9.59 Å². The summed E-state index contributed by atoms with van der Waals surface area (Å²) in [5.41, 5.74) is 0.319. The van der Waals surface area contributed by atoms with Crippen molar-refractivity contribution in [3.05, 3.63) is 58.0 Å². The van der Waals surface area contributed by atoms with E-state index in [9.17, 15) is 14.7 Å². The largest absolute Gasteiger partial charge is 0.507 e. The summed E-state index contributed by atoms with van der Waals surface area (Å²) in [6, 6.07) is 7.38. The van der Waals surface area contributed by atoms with Crippen LogP contribution in [0.4, 0.5) is 0 Å². The summed E-state index contributed by atoms with van der Waals surface area (Å²) >= 11 is 6.14. The summed E-state index contributed by atoms with van der Waals surface area (Å²) in [5, 5.41) is 11.4. The van der Waals surface area contributed by atoms with Crippen molar-refractivity contribution >= 4 is 29.1 Å². The van der Waals surface area contributed by atoms with Crippen molar-refractivity contribution in [3.8, 4) is 5.75 Å². The fourth-order valence-corrected chi connectivity index (χ4v) is 3.56. The van der Waals surface area contributed by atoms with Crippen LogP contribution in [0, 0.1) is 6.92 Å². The summed E-state index contributed by atoms with van der Waals surface area (Å²) in [4.78, 5) is 29.1. The number of aliphatic hydroxyl groups is 1. The number of furan rings is 1. The number of carbonyl (C=O) groups excluding carboxylic acids is 2. The first-order chi connectivity index (χ1) is 14.2. The zero-order chi connectivity index (χ0) is 22.0. The molecule has 1 aromatic heterocycles. The molecule has 7 nitrogen and oxygen atoms in total. The van der Waals surface area contributed by atoms with E-state index in [2.05, 4.69) is 0 Å². The van der Waals surface area contributed by atoms with Crippen molar-refractivity contribution in [3.63, 3.8) is 0 Å². The number of halogens is 1. The van der Waals surface area contributed by atoms with Gasteiger partial charge in [0.15, 0.2) is 0 Å². The Morgan fingerprint density at radius 2 is 2.00 bits per heavy atom. The molecule has 160 valence electrons. The Bertz CT molecular complexity index is 995. The van der Waals surface area contributed by atoms with E-state index in [-0.39, 0.29) is 11.3 Å². The Balaban J connectivity index is 2.13. The van der Waals surface area contributed by atoms with Gasteiger partial charge in [0.1, 0.15) is 29.1 Å². The molecule has 2 aromatic rings. The number of Topliss-reactive ketones (excluding diaryl/α,β-unsaturated/α-hetero) is 1. The monoisotopic (exact) mass is 432 g/mol. The maximum atomic E-state index is 12.9. The molecule has 1 amide bonds. The van der Waals surface area contributed by atoms with Crippen LogP contribution in [0.2, 0.25) is 5.02 Å². The van der Waals surface area contributed by atoms with Crippen molar-refractivity contribution in [1.29, 1.82) is 0 Å². The Kier molecular flexibility index (Phi) is 6.53. The highest BCUT2D eigenvalue weighted by atomic mass is 35.5. The van der Waals surface area contributed by atoms with Gasteiger partial charge in [-0.15, -0.1) is 0 Å². The number of aliphatic hydroxyl groups excluding tert-OH is 1. The third kappa shape index (κ3) is 4.22. The number of likely N-dealkylation sites (N-methyl/N-ethyl adjacent to an activating group) is 1. The molecule has 1 aliphatic heterocycles. The van der Waals surface area contributed by atoms with E-state index in [1.54, 1.807) is 37.3 Å². The number of ketones is 1. The van der Waals surface area contributed by atoms with Crippen molar-refractivity contribution in [1.82, 2.24) is 9.80 Å². The molecule has 3 rings (SSSR count). The molecule has 1 atom stereocenters. The zero-order valence-electron chi connectivity index (χ0n) is 17.4. The molecular weight excluding hydrogens is 408 g/mol. The first-order valence-corrected chi connectivity index (χ1v) is 10.0. The van der Waals surface area contributed by atoms with Crippen molar-refractivity contribution in [2.24, 2.45) is 0 Å². The van der Waals surface area contributed by atoms with Gasteiger partial charge in [-0.25, -0.2) is 0 Å². The van der Waals surface area contributed by atoms with Crippen molar-refractivity contribution in [2.75, 3.05) is 33.8 Å². The molecule has 2 heterocycles. The lowest BCUT2D eigenvalue weighted by Gasteiger charge is -2.24. The standard InChI is InChI=1S/C22H25ClN2O5/c1-5-29-17-12-14(7-8-15(17)23)20(26)18-19(16-9-6-13(2)30-16)25(11-10-24(3)4)22(28)21(18)27/h6-9,12,19,26H,5,10-11H2,1-4H3/b20-18-. The number of nitrogens with zero attached hydrogens (tertiary/aromatic N) is 2. The van der Waals surface area contributed by atoms with Crippen LogP contribution in [0.25, 0.3) is 5.76 Å². The molecule has 0 bridgehead atoms. The van der Waals surface area contributed by atoms with Crippen LogP contribution in [0.3, 0.4) is 0 Å². The lowest BCUT2D eigenvalue weighted by Crippen LogP contribution is -2.35. The van der Waals surface area contributed by atoms with Gasteiger partial charge in [-0.05, 0) is 58.3 Å². The predicted octanol–water partition coefficient (Wildman–Crippen LogP) is 3.62. The molecule has 1 fully saturated rings. The maximum Gasteiger partial charge on any atom is 0.295 e. The smallest absolute Gasteiger partial charge is 0.295 e. The second-order valence-corrected chi connectivity index (χ2v) is 7.73. The highest BCUT2D eigenvalue weighted by Crippen LogP contribution is 2.40. The molecule has 1 aliphatic rings. The number of likely N-dealkylation sites (tertiary alicyclic amines) is 1. The summed E-state index contributed by atoms with van der Waals surface area (Å²) in [5.74, 6) is -0.262. The minimum atomic E-state index is -0.815. The van der Waals surface area contributed by atoms with Gasteiger partial charge in [-0.1, -0.05) is 11.6 Å². The molecule has 1 saturated heterocycles. The highest BCUT2D eigenvalue weighted by molar-refractivity contribution is 6.46. The first kappa shape index (κ1) is 21.9. The van der Waals surface area contributed by atoms with Gasteiger partial charge in [0.25, 0.3) is 11.7 Å². The number of hydrogen-bond donors (Lipinski definition) is 1. The van der Waals surface area contributed by atoms with Gasteiger partial charge in [0, 0.05) is 18.7 Å². The number of benzene rings is 1. The summed E-state index contributed by atoms with van der Waals surface area (Å²) in [6.07, 6.45) is 0. The molecule has 0 aliphatic carbocycles. The molecule has 0 saturated carbocycles. The van der Waals surface area contributed by atoms with Crippen LogP contribution in [0.1, 0.15) is 30.0 Å². The minimum Gasteiger partial charge on any atom is -0.507 e. The average molecular weight is 433 g/mol. The lowest BCUT2D eigenvalue weighted by atomic mass is 9.99.